The smallest absolute Gasteiger partial charge is 0.244 e. The van der Waals surface area contributed by atoms with Crippen LogP contribution in [0.25, 0.3) is 0 Å². The lowest BCUT2D eigenvalue weighted by molar-refractivity contribution is -0.123. The van der Waals surface area contributed by atoms with E-state index in [0.29, 0.717) is 17.2 Å². The van der Waals surface area contributed by atoms with Gasteiger partial charge < -0.3 is 9.84 Å². The first kappa shape index (κ1) is 14.9. The van der Waals surface area contributed by atoms with Crippen molar-refractivity contribution in [3.05, 3.63) is 23.8 Å². The molecule has 2 fully saturated rings. The lowest BCUT2D eigenvalue weighted by Crippen LogP contribution is -2.22. The minimum Gasteiger partial charge on any atom is -0.507 e. The Kier molecular flexibility index (Phi) is 3.81. The number of nitrogens with one attached hydrogen (secondary N) is 1. The van der Waals surface area contributed by atoms with E-state index >= 15 is 0 Å². The molecule has 0 heterocycles. The van der Waals surface area contributed by atoms with Crippen LogP contribution < -0.4 is 10.2 Å². The van der Waals surface area contributed by atoms with Crippen molar-refractivity contribution in [3.63, 3.8) is 0 Å². The van der Waals surface area contributed by atoms with Gasteiger partial charge in [-0.3, -0.25) is 4.79 Å². The van der Waals surface area contributed by atoms with Crippen LogP contribution in [-0.2, 0) is 4.79 Å². The van der Waals surface area contributed by atoms with Crippen molar-refractivity contribution in [2.75, 3.05) is 7.11 Å². The summed E-state index contributed by atoms with van der Waals surface area (Å²) in [6.07, 6.45) is 6.18. The number of hydrogen-bond donors (Lipinski definition) is 2. The average molecular weight is 302 g/mol. The second-order valence-electron chi connectivity index (χ2n) is 6.49. The molecule has 0 spiro atoms. The number of ether oxygens (including phenoxy) is 1. The summed E-state index contributed by atoms with van der Waals surface area (Å²) < 4.78 is 5.10. The quantitative estimate of drug-likeness (QED) is 0.663. The van der Waals surface area contributed by atoms with Crippen molar-refractivity contribution < 1.29 is 14.6 Å². The molecule has 0 saturated heterocycles. The normalized spacial score (nSPS) is 29.9. The van der Waals surface area contributed by atoms with E-state index in [2.05, 4.69) is 17.5 Å². The van der Waals surface area contributed by atoms with Gasteiger partial charge in [-0.1, -0.05) is 19.8 Å². The molecular weight excluding hydrogens is 280 g/mol. The number of phenolic OH excluding ortho intramolecular Hbond substituents is 1. The molecule has 5 heteroatoms. The molecule has 0 aromatic heterocycles. The topological polar surface area (TPSA) is 70.9 Å². The van der Waals surface area contributed by atoms with E-state index in [-0.39, 0.29) is 23.0 Å². The minimum absolute atomic E-state index is 0.00645. The van der Waals surface area contributed by atoms with Gasteiger partial charge >= 0.3 is 0 Å². The summed E-state index contributed by atoms with van der Waals surface area (Å²) in [4.78, 5) is 12.3. The maximum absolute atomic E-state index is 12.3. The molecule has 0 unspecified atom stereocenters. The lowest BCUT2D eigenvalue weighted by atomic mass is 9.90. The molecule has 0 aliphatic heterocycles. The van der Waals surface area contributed by atoms with Gasteiger partial charge in [-0.2, -0.15) is 5.10 Å². The molecule has 1 aromatic carbocycles. The highest BCUT2D eigenvalue weighted by Gasteiger charge is 2.64. The van der Waals surface area contributed by atoms with E-state index < -0.39 is 0 Å². The fourth-order valence-corrected chi connectivity index (χ4v) is 3.85. The van der Waals surface area contributed by atoms with Crippen molar-refractivity contribution in [1.82, 2.24) is 5.43 Å². The molecule has 2 saturated carbocycles. The first-order chi connectivity index (χ1) is 10.6. The largest absolute Gasteiger partial charge is 0.507 e. The van der Waals surface area contributed by atoms with E-state index in [9.17, 15) is 9.90 Å². The summed E-state index contributed by atoms with van der Waals surface area (Å²) >= 11 is 0. The fourth-order valence-electron chi connectivity index (χ4n) is 3.85. The van der Waals surface area contributed by atoms with Crippen LogP contribution in [0.2, 0.25) is 0 Å². The van der Waals surface area contributed by atoms with Crippen molar-refractivity contribution >= 4 is 12.1 Å². The van der Waals surface area contributed by atoms with Crippen LogP contribution in [0, 0.1) is 17.3 Å². The van der Waals surface area contributed by atoms with E-state index in [4.69, 9.17) is 4.74 Å². The first-order valence-corrected chi connectivity index (χ1v) is 7.76. The highest BCUT2D eigenvalue weighted by atomic mass is 16.5. The Hall–Kier alpha value is -2.04. The second kappa shape index (κ2) is 5.63. The van der Waals surface area contributed by atoms with Crippen LogP contribution in [0.3, 0.4) is 0 Å². The number of amides is 1. The molecule has 3 rings (SSSR count). The zero-order valence-electron chi connectivity index (χ0n) is 13.0. The zero-order valence-corrected chi connectivity index (χ0v) is 13.0. The number of carbonyl (C=O) groups is 1. The van der Waals surface area contributed by atoms with Crippen molar-refractivity contribution in [2.24, 2.45) is 22.4 Å². The number of benzene rings is 1. The SMILES string of the molecule is COc1ccc(O)c(/C=N\NC(=O)[C@@H]2[C@H]3CCCC[C@]32C)c1. The molecule has 0 bridgehead atoms. The van der Waals surface area contributed by atoms with Gasteiger partial charge in [-0.15, -0.1) is 0 Å². The lowest BCUT2D eigenvalue weighted by Gasteiger charge is -2.15. The van der Waals surface area contributed by atoms with Gasteiger partial charge in [0, 0.05) is 11.5 Å². The standard InChI is InChI=1S/C17H22N2O3/c1-17-8-4-3-5-13(17)15(17)16(21)19-18-10-11-9-12(22-2)6-7-14(11)20/h6-7,9-10,13,15,20H,3-5,8H2,1-2H3,(H,19,21)/b18-10-/t13-,15+,17-/m1/s1. The maximum Gasteiger partial charge on any atom is 0.244 e. The summed E-state index contributed by atoms with van der Waals surface area (Å²) in [5.41, 5.74) is 3.31. The molecule has 2 N–H and O–H groups in total. The van der Waals surface area contributed by atoms with Gasteiger partial charge in [-0.05, 0) is 42.4 Å². The van der Waals surface area contributed by atoms with Gasteiger partial charge in [-0.25, -0.2) is 5.43 Å². The number of hydrogen-bond acceptors (Lipinski definition) is 4. The summed E-state index contributed by atoms with van der Waals surface area (Å²) in [6.45, 7) is 2.21. The van der Waals surface area contributed by atoms with Gasteiger partial charge in [0.25, 0.3) is 0 Å². The van der Waals surface area contributed by atoms with E-state index in [1.807, 2.05) is 0 Å². The van der Waals surface area contributed by atoms with E-state index in [1.165, 1.54) is 19.1 Å². The molecule has 3 atom stereocenters. The molecule has 2 aliphatic rings. The summed E-state index contributed by atoms with van der Waals surface area (Å²) in [6, 6.07) is 4.88. The molecule has 1 amide bonds. The Morgan fingerprint density at radius 3 is 3.00 bits per heavy atom. The predicted octanol–water partition coefficient (Wildman–Crippen LogP) is 2.68. The first-order valence-electron chi connectivity index (χ1n) is 7.76. The number of fused-ring (bicyclic) bond motifs is 1. The molecule has 2 aliphatic carbocycles. The third-order valence-electron chi connectivity index (χ3n) is 5.23. The Labute approximate surface area is 130 Å². The highest BCUT2D eigenvalue weighted by molar-refractivity contribution is 5.87. The molecule has 1 aromatic rings. The fraction of sp³-hybridized carbons (Fsp3) is 0.529. The van der Waals surface area contributed by atoms with E-state index in [0.717, 1.165) is 12.8 Å². The number of phenols is 1. The van der Waals surface area contributed by atoms with Crippen LogP contribution in [0.1, 0.15) is 38.2 Å². The third-order valence-corrected chi connectivity index (χ3v) is 5.23. The number of nitrogens with zero attached hydrogens (tertiary/aromatic N) is 1. The van der Waals surface area contributed by atoms with Crippen LogP contribution in [0.5, 0.6) is 11.5 Å². The molecule has 0 radical (unpaired) electrons. The Bertz CT molecular complexity index is 614. The van der Waals surface area contributed by atoms with Crippen LogP contribution >= 0.6 is 0 Å². The number of carbonyl (C=O) groups excluding carboxylic acids is 1. The monoisotopic (exact) mass is 302 g/mol. The zero-order chi connectivity index (χ0) is 15.7. The third kappa shape index (κ3) is 2.56. The van der Waals surface area contributed by atoms with Crippen LogP contribution in [0.4, 0.5) is 0 Å². The summed E-state index contributed by atoms with van der Waals surface area (Å²) in [5, 5.41) is 13.8. The minimum atomic E-state index is -0.00645. The molecular formula is C17H22N2O3. The Morgan fingerprint density at radius 2 is 2.32 bits per heavy atom. The van der Waals surface area contributed by atoms with Gasteiger partial charge in [0.05, 0.1) is 13.3 Å². The van der Waals surface area contributed by atoms with Crippen molar-refractivity contribution in [2.45, 2.75) is 32.6 Å². The Morgan fingerprint density at radius 1 is 1.50 bits per heavy atom. The van der Waals surface area contributed by atoms with Crippen LogP contribution in [0.15, 0.2) is 23.3 Å². The number of hydrazone groups is 1. The predicted molar refractivity (Wildman–Crippen MR) is 84.0 cm³/mol. The maximum atomic E-state index is 12.3. The molecule has 118 valence electrons. The highest BCUT2D eigenvalue weighted by Crippen LogP contribution is 2.66. The summed E-state index contributed by atoms with van der Waals surface area (Å²) in [5.74, 6) is 1.33. The average Bonchev–Trinajstić information content (AvgIpc) is 3.14. The number of rotatable bonds is 4. The molecule has 22 heavy (non-hydrogen) atoms. The number of aromatic hydroxyl groups is 1. The molecule has 5 nitrogen and oxygen atoms in total. The van der Waals surface area contributed by atoms with E-state index in [1.54, 1.807) is 25.3 Å². The Balaban J connectivity index is 1.62. The van der Waals surface area contributed by atoms with Crippen LogP contribution in [-0.4, -0.2) is 24.3 Å². The van der Waals surface area contributed by atoms with Crippen molar-refractivity contribution in [1.29, 1.82) is 0 Å². The second-order valence-corrected chi connectivity index (χ2v) is 6.49. The van der Waals surface area contributed by atoms with Gasteiger partial charge in [0.15, 0.2) is 0 Å². The van der Waals surface area contributed by atoms with Crippen molar-refractivity contribution in [3.8, 4) is 11.5 Å². The van der Waals surface area contributed by atoms with Gasteiger partial charge in [0.1, 0.15) is 11.5 Å². The summed E-state index contributed by atoms with van der Waals surface area (Å²) in [7, 11) is 1.56. The number of methoxy groups -OCH3 is 1. The van der Waals surface area contributed by atoms with Gasteiger partial charge in [0.2, 0.25) is 5.91 Å².